The zero-order chi connectivity index (χ0) is 21.9. The number of pyridine rings is 1. The molecule has 4 nitrogen and oxygen atoms in total. The third-order valence-electron chi connectivity index (χ3n) is 5.13. The highest BCUT2D eigenvalue weighted by molar-refractivity contribution is 5.62. The van der Waals surface area contributed by atoms with E-state index >= 15 is 0 Å². The lowest BCUT2D eigenvalue weighted by molar-refractivity contribution is -0.137. The van der Waals surface area contributed by atoms with Gasteiger partial charge in [0, 0.05) is 38.9 Å². The fourth-order valence-corrected chi connectivity index (χ4v) is 3.71. The lowest BCUT2D eigenvalue weighted by Crippen LogP contribution is -2.46. The van der Waals surface area contributed by atoms with Crippen molar-refractivity contribution in [3.05, 3.63) is 58.7 Å². The molecule has 30 heavy (non-hydrogen) atoms. The van der Waals surface area contributed by atoms with Crippen molar-refractivity contribution in [1.82, 2.24) is 9.88 Å². The summed E-state index contributed by atoms with van der Waals surface area (Å²) < 4.78 is 53.1. The maximum absolute atomic E-state index is 14.5. The zero-order valence-corrected chi connectivity index (χ0v) is 17.0. The van der Waals surface area contributed by atoms with E-state index in [9.17, 15) is 22.8 Å². The van der Waals surface area contributed by atoms with Crippen LogP contribution in [0.4, 0.5) is 23.2 Å². The number of anilines is 1. The second-order valence-corrected chi connectivity index (χ2v) is 7.98. The summed E-state index contributed by atoms with van der Waals surface area (Å²) >= 11 is 0. The molecule has 2 aromatic rings. The summed E-state index contributed by atoms with van der Waals surface area (Å²) in [4.78, 5) is 8.04. The van der Waals surface area contributed by atoms with Crippen LogP contribution < -0.4 is 4.90 Å². The molecule has 1 fully saturated rings. The summed E-state index contributed by atoms with van der Waals surface area (Å²) in [7, 11) is 0. The average Bonchev–Trinajstić information content (AvgIpc) is 2.67. The van der Waals surface area contributed by atoms with Crippen LogP contribution in [0, 0.1) is 23.1 Å². The highest BCUT2D eigenvalue weighted by Crippen LogP contribution is 2.30. The Morgan fingerprint density at radius 2 is 1.83 bits per heavy atom. The molecule has 0 radical (unpaired) electrons. The normalized spacial score (nSPS) is 15.5. The van der Waals surface area contributed by atoms with E-state index in [-0.39, 0.29) is 5.56 Å². The van der Waals surface area contributed by atoms with E-state index in [1.165, 1.54) is 12.3 Å². The van der Waals surface area contributed by atoms with Crippen LogP contribution in [0.2, 0.25) is 0 Å². The van der Waals surface area contributed by atoms with E-state index < -0.39 is 17.6 Å². The highest BCUT2D eigenvalue weighted by Gasteiger charge is 2.31. The Bertz CT molecular complexity index is 926. The minimum atomic E-state index is -4.39. The number of piperazine rings is 1. The average molecular weight is 420 g/mol. The van der Waals surface area contributed by atoms with Gasteiger partial charge in [-0.3, -0.25) is 9.88 Å². The number of halogens is 4. The van der Waals surface area contributed by atoms with Gasteiger partial charge in [-0.2, -0.15) is 18.4 Å². The summed E-state index contributed by atoms with van der Waals surface area (Å²) in [5.41, 5.74) is 1.13. The van der Waals surface area contributed by atoms with E-state index in [1.807, 2.05) is 21.9 Å². The minimum absolute atomic E-state index is 0.0375. The Kier molecular flexibility index (Phi) is 6.61. The molecule has 0 N–H and O–H groups in total. The Hall–Kier alpha value is -2.66. The Morgan fingerprint density at radius 1 is 1.13 bits per heavy atom. The predicted octanol–water partition coefficient (Wildman–Crippen LogP) is 4.63. The molecule has 0 saturated carbocycles. The first kappa shape index (κ1) is 22.0. The summed E-state index contributed by atoms with van der Waals surface area (Å²) in [6, 6.07) is 7.31. The van der Waals surface area contributed by atoms with Crippen molar-refractivity contribution in [2.45, 2.75) is 33.0 Å². The van der Waals surface area contributed by atoms with Crippen molar-refractivity contribution in [1.29, 1.82) is 5.26 Å². The lowest BCUT2D eigenvalue weighted by Gasteiger charge is -2.36. The lowest BCUT2D eigenvalue weighted by atomic mass is 9.99. The number of benzene rings is 1. The van der Waals surface area contributed by atoms with Gasteiger partial charge in [0.25, 0.3) is 0 Å². The molecule has 1 aliphatic rings. The van der Waals surface area contributed by atoms with Gasteiger partial charge >= 0.3 is 6.18 Å². The number of hydrogen-bond acceptors (Lipinski definition) is 4. The molecule has 0 atom stereocenters. The second-order valence-electron chi connectivity index (χ2n) is 7.98. The van der Waals surface area contributed by atoms with E-state index in [0.29, 0.717) is 50.0 Å². The summed E-state index contributed by atoms with van der Waals surface area (Å²) in [6.07, 6.45) is -2.50. The summed E-state index contributed by atoms with van der Waals surface area (Å²) in [5.74, 6) is -0.150. The van der Waals surface area contributed by atoms with Crippen LogP contribution in [0.15, 0.2) is 30.5 Å². The van der Waals surface area contributed by atoms with Crippen LogP contribution in [0.3, 0.4) is 0 Å². The van der Waals surface area contributed by atoms with Crippen molar-refractivity contribution in [3.8, 4) is 6.07 Å². The minimum Gasteiger partial charge on any atom is -0.368 e. The first-order valence-electron chi connectivity index (χ1n) is 9.89. The molecule has 0 aliphatic carbocycles. The molecule has 160 valence electrons. The Balaban J connectivity index is 1.70. The number of aromatic nitrogens is 1. The second kappa shape index (κ2) is 9.00. The van der Waals surface area contributed by atoms with Gasteiger partial charge in [0.05, 0.1) is 16.9 Å². The maximum atomic E-state index is 14.5. The molecule has 1 aliphatic heterocycles. The molecule has 8 heteroatoms. The van der Waals surface area contributed by atoms with Crippen LogP contribution in [0.1, 0.15) is 36.2 Å². The quantitative estimate of drug-likeness (QED) is 0.662. The molecular weight excluding hydrogens is 396 g/mol. The van der Waals surface area contributed by atoms with Gasteiger partial charge in [0.2, 0.25) is 0 Å². The van der Waals surface area contributed by atoms with Crippen molar-refractivity contribution >= 4 is 5.69 Å². The monoisotopic (exact) mass is 420 g/mol. The smallest absolute Gasteiger partial charge is 0.368 e. The molecular formula is C22H24F4N4. The van der Waals surface area contributed by atoms with Crippen molar-refractivity contribution < 1.29 is 17.6 Å². The van der Waals surface area contributed by atoms with Crippen molar-refractivity contribution in [2.24, 2.45) is 5.92 Å². The first-order chi connectivity index (χ1) is 14.2. The maximum Gasteiger partial charge on any atom is 0.416 e. The van der Waals surface area contributed by atoms with Crippen LogP contribution in [0.5, 0.6) is 0 Å². The van der Waals surface area contributed by atoms with E-state index in [2.05, 4.69) is 18.8 Å². The van der Waals surface area contributed by atoms with Gasteiger partial charge in [0.15, 0.2) is 0 Å². The first-order valence-corrected chi connectivity index (χ1v) is 9.89. The number of hydrogen-bond donors (Lipinski definition) is 0. The molecule has 1 aromatic carbocycles. The van der Waals surface area contributed by atoms with Crippen LogP contribution in [0.25, 0.3) is 0 Å². The predicted molar refractivity (Wildman–Crippen MR) is 106 cm³/mol. The molecule has 0 unspecified atom stereocenters. The molecule has 1 aromatic heterocycles. The third-order valence-corrected chi connectivity index (χ3v) is 5.13. The standard InChI is InChI=1S/C22H24F4N4/c1-15(2)9-16-10-20(23)19(13-27)21(11-16)30-7-5-29(6-8-30)14-18-12-17(3-4-28-18)22(24,25)26/h3-4,10-12,15H,5-9,14H2,1-2H3. The van der Waals surface area contributed by atoms with Crippen LogP contribution in [-0.4, -0.2) is 36.1 Å². The molecule has 3 rings (SSSR count). The fourth-order valence-electron chi connectivity index (χ4n) is 3.71. The van der Waals surface area contributed by atoms with Crippen LogP contribution in [-0.2, 0) is 19.1 Å². The van der Waals surface area contributed by atoms with Gasteiger partial charge in [0.1, 0.15) is 17.4 Å². The molecule has 2 heterocycles. The van der Waals surface area contributed by atoms with Gasteiger partial charge < -0.3 is 4.90 Å². The largest absolute Gasteiger partial charge is 0.416 e. The Labute approximate surface area is 173 Å². The van der Waals surface area contributed by atoms with Gasteiger partial charge in [-0.05, 0) is 42.2 Å². The molecule has 0 spiro atoms. The number of nitrogens with zero attached hydrogens (tertiary/aromatic N) is 4. The van der Waals surface area contributed by atoms with Gasteiger partial charge in [-0.25, -0.2) is 4.39 Å². The topological polar surface area (TPSA) is 43.2 Å². The molecule has 0 bridgehead atoms. The fraction of sp³-hybridized carbons (Fsp3) is 0.455. The number of rotatable bonds is 5. The third kappa shape index (κ3) is 5.28. The van der Waals surface area contributed by atoms with Crippen molar-refractivity contribution in [2.75, 3.05) is 31.1 Å². The zero-order valence-electron chi connectivity index (χ0n) is 17.0. The van der Waals surface area contributed by atoms with E-state index in [1.54, 1.807) is 0 Å². The number of alkyl halides is 3. The highest BCUT2D eigenvalue weighted by atomic mass is 19.4. The van der Waals surface area contributed by atoms with Gasteiger partial charge in [-0.15, -0.1) is 0 Å². The summed E-state index contributed by atoms with van der Waals surface area (Å²) in [5, 5.41) is 9.41. The van der Waals surface area contributed by atoms with Crippen molar-refractivity contribution in [3.63, 3.8) is 0 Å². The SMILES string of the molecule is CC(C)Cc1cc(F)c(C#N)c(N2CCN(Cc3cc(C(F)(F)F)ccn3)CC2)c1. The van der Waals surface area contributed by atoms with E-state index in [4.69, 9.17) is 0 Å². The van der Waals surface area contributed by atoms with Crippen LogP contribution >= 0.6 is 0 Å². The number of nitriles is 1. The molecule has 0 amide bonds. The Morgan fingerprint density at radius 3 is 2.43 bits per heavy atom. The molecule has 1 saturated heterocycles. The summed E-state index contributed by atoms with van der Waals surface area (Å²) in [6.45, 7) is 6.69. The van der Waals surface area contributed by atoms with E-state index in [0.717, 1.165) is 24.1 Å². The van der Waals surface area contributed by atoms with Gasteiger partial charge in [-0.1, -0.05) is 13.8 Å².